The molecule has 0 aromatic heterocycles. The summed E-state index contributed by atoms with van der Waals surface area (Å²) in [5.74, 6) is -0.731. The number of nitrogens with zero attached hydrogens (tertiary/aromatic N) is 1. The van der Waals surface area contributed by atoms with Crippen molar-refractivity contribution in [1.82, 2.24) is 4.90 Å². The third-order valence-corrected chi connectivity index (χ3v) is 5.67. The highest BCUT2D eigenvalue weighted by atomic mass is 35.5. The molecule has 0 saturated carbocycles. The molecular formula is C16H14ClFN2O3S. The number of nitrogens with one attached hydrogen (secondary N) is 1. The van der Waals surface area contributed by atoms with E-state index in [2.05, 4.69) is 4.72 Å². The number of fused-ring (bicyclic) bond motifs is 1. The summed E-state index contributed by atoms with van der Waals surface area (Å²) >= 11 is 5.86. The van der Waals surface area contributed by atoms with Gasteiger partial charge in [-0.15, -0.1) is 0 Å². The third kappa shape index (κ3) is 3.22. The van der Waals surface area contributed by atoms with E-state index in [0.29, 0.717) is 18.8 Å². The fourth-order valence-corrected chi connectivity index (χ4v) is 4.14. The lowest BCUT2D eigenvalue weighted by Crippen LogP contribution is -2.21. The first kappa shape index (κ1) is 16.7. The summed E-state index contributed by atoms with van der Waals surface area (Å²) in [5, 5.41) is -0.0622. The van der Waals surface area contributed by atoms with Gasteiger partial charge in [0, 0.05) is 25.7 Å². The molecule has 2 aromatic carbocycles. The maximum Gasteiger partial charge on any atom is 0.263 e. The highest BCUT2D eigenvalue weighted by molar-refractivity contribution is 7.92. The molecule has 1 N–H and O–H groups in total. The maximum absolute atomic E-state index is 13.3. The molecule has 8 heteroatoms. The first-order valence-corrected chi connectivity index (χ1v) is 8.97. The number of hydrogen-bond donors (Lipinski definition) is 1. The molecule has 0 spiro atoms. The van der Waals surface area contributed by atoms with Crippen LogP contribution in [0.1, 0.15) is 18.1 Å². The Morgan fingerprint density at radius 2 is 1.88 bits per heavy atom. The quantitative estimate of drug-likeness (QED) is 0.905. The summed E-state index contributed by atoms with van der Waals surface area (Å²) in [6, 6.07) is 8.20. The number of hydrogen-bond acceptors (Lipinski definition) is 3. The van der Waals surface area contributed by atoms with Crippen LogP contribution in [0.5, 0.6) is 0 Å². The number of benzene rings is 2. The molecule has 1 heterocycles. The topological polar surface area (TPSA) is 66.5 Å². The largest absolute Gasteiger partial charge is 0.334 e. The van der Waals surface area contributed by atoms with Crippen LogP contribution in [0.4, 0.5) is 10.1 Å². The van der Waals surface area contributed by atoms with Crippen LogP contribution in [0.15, 0.2) is 41.3 Å². The van der Waals surface area contributed by atoms with Crippen molar-refractivity contribution >= 4 is 33.2 Å². The van der Waals surface area contributed by atoms with Crippen molar-refractivity contribution in [2.45, 2.75) is 24.9 Å². The van der Waals surface area contributed by atoms with Gasteiger partial charge in [-0.2, -0.15) is 0 Å². The molecule has 0 fully saturated rings. The summed E-state index contributed by atoms with van der Waals surface area (Å²) in [7, 11) is -4.02. The highest BCUT2D eigenvalue weighted by Crippen LogP contribution is 2.28. The molecule has 1 aliphatic rings. The molecule has 1 amide bonds. The number of rotatable bonds is 3. The molecular weight excluding hydrogens is 355 g/mol. The minimum Gasteiger partial charge on any atom is -0.334 e. The number of carbonyl (C=O) groups is 1. The predicted octanol–water partition coefficient (Wildman–Crippen LogP) is 3.14. The van der Waals surface area contributed by atoms with E-state index in [1.54, 1.807) is 23.1 Å². The maximum atomic E-state index is 13.3. The number of halogens is 2. The fourth-order valence-electron chi connectivity index (χ4n) is 2.57. The Morgan fingerprint density at radius 1 is 1.17 bits per heavy atom. The molecule has 5 nitrogen and oxygen atoms in total. The Balaban J connectivity index is 1.88. The third-order valence-electron chi connectivity index (χ3n) is 3.81. The van der Waals surface area contributed by atoms with Crippen LogP contribution < -0.4 is 4.72 Å². The second-order valence-corrected chi connectivity index (χ2v) is 7.60. The van der Waals surface area contributed by atoms with E-state index in [-0.39, 0.29) is 15.8 Å². The van der Waals surface area contributed by atoms with E-state index in [4.69, 9.17) is 11.6 Å². The van der Waals surface area contributed by atoms with Gasteiger partial charge in [-0.3, -0.25) is 9.52 Å². The van der Waals surface area contributed by atoms with Gasteiger partial charge >= 0.3 is 0 Å². The predicted molar refractivity (Wildman–Crippen MR) is 88.6 cm³/mol. The van der Waals surface area contributed by atoms with Crippen LogP contribution >= 0.6 is 11.6 Å². The van der Waals surface area contributed by atoms with E-state index >= 15 is 0 Å². The highest BCUT2D eigenvalue weighted by Gasteiger charge is 2.23. The van der Waals surface area contributed by atoms with Crippen LogP contribution in [0, 0.1) is 5.82 Å². The molecule has 0 radical (unpaired) electrons. The summed E-state index contributed by atoms with van der Waals surface area (Å²) in [5.41, 5.74) is 2.17. The average Bonchev–Trinajstić information content (AvgIpc) is 2.92. The summed E-state index contributed by atoms with van der Waals surface area (Å²) < 4.78 is 40.6. The zero-order valence-electron chi connectivity index (χ0n) is 12.7. The van der Waals surface area contributed by atoms with Crippen molar-refractivity contribution < 1.29 is 17.6 Å². The normalized spacial score (nSPS) is 13.7. The van der Waals surface area contributed by atoms with E-state index in [1.807, 2.05) is 0 Å². The van der Waals surface area contributed by atoms with Crippen LogP contribution in [-0.2, 0) is 27.9 Å². The van der Waals surface area contributed by atoms with Crippen LogP contribution in [0.25, 0.3) is 0 Å². The van der Waals surface area contributed by atoms with E-state index in [0.717, 1.165) is 23.3 Å². The van der Waals surface area contributed by atoms with Crippen LogP contribution in [0.2, 0.25) is 5.02 Å². The Bertz CT molecular complexity index is 931. The average molecular weight is 369 g/mol. The van der Waals surface area contributed by atoms with E-state index < -0.39 is 15.8 Å². The smallest absolute Gasteiger partial charge is 0.263 e. The van der Waals surface area contributed by atoms with Gasteiger partial charge < -0.3 is 4.90 Å². The van der Waals surface area contributed by atoms with E-state index in [1.165, 1.54) is 13.0 Å². The SMILES string of the molecule is CC(=O)N1Cc2ccc(NS(=O)(=O)c3cc(F)ccc3Cl)cc2C1. The second kappa shape index (κ2) is 6.07. The standard InChI is InChI=1S/C16H14ClFN2O3S/c1-10(21)20-8-11-2-4-14(6-12(11)9-20)19-24(22,23)16-7-13(18)3-5-15(16)17/h2-7,19H,8-9H2,1H3. The summed E-state index contributed by atoms with van der Waals surface area (Å²) in [6.45, 7) is 2.43. The van der Waals surface area contributed by atoms with Gasteiger partial charge in [-0.25, -0.2) is 12.8 Å². The number of anilines is 1. The van der Waals surface area contributed by atoms with E-state index in [9.17, 15) is 17.6 Å². The van der Waals surface area contributed by atoms with Gasteiger partial charge in [0.05, 0.1) is 5.02 Å². The molecule has 2 aromatic rings. The first-order chi connectivity index (χ1) is 11.3. The van der Waals surface area contributed by atoms with Crippen molar-refractivity contribution in [3.8, 4) is 0 Å². The van der Waals surface area contributed by atoms with Crippen LogP contribution in [0.3, 0.4) is 0 Å². The lowest BCUT2D eigenvalue weighted by atomic mass is 10.1. The van der Waals surface area contributed by atoms with Gasteiger partial charge in [0.1, 0.15) is 10.7 Å². The van der Waals surface area contributed by atoms with Gasteiger partial charge in [-0.1, -0.05) is 17.7 Å². The summed E-state index contributed by atoms with van der Waals surface area (Å²) in [6.07, 6.45) is 0. The lowest BCUT2D eigenvalue weighted by Gasteiger charge is -2.11. The van der Waals surface area contributed by atoms with Crippen molar-refractivity contribution in [3.63, 3.8) is 0 Å². The van der Waals surface area contributed by atoms with Gasteiger partial charge in [-0.05, 0) is 41.5 Å². The molecule has 126 valence electrons. The number of amides is 1. The van der Waals surface area contributed by atoms with Crippen molar-refractivity contribution in [1.29, 1.82) is 0 Å². The second-order valence-electron chi connectivity index (χ2n) is 5.54. The molecule has 0 aliphatic carbocycles. The minimum absolute atomic E-state index is 0.0418. The monoisotopic (exact) mass is 368 g/mol. The Labute approximate surface area is 144 Å². The zero-order chi connectivity index (χ0) is 17.5. The molecule has 3 rings (SSSR count). The lowest BCUT2D eigenvalue weighted by molar-refractivity contribution is -0.129. The molecule has 0 unspecified atom stereocenters. The molecule has 0 bridgehead atoms. The van der Waals surface area contributed by atoms with Gasteiger partial charge in [0.25, 0.3) is 10.0 Å². The van der Waals surface area contributed by atoms with Gasteiger partial charge in [0.2, 0.25) is 5.91 Å². The molecule has 0 saturated heterocycles. The van der Waals surface area contributed by atoms with Crippen molar-refractivity contribution in [2.75, 3.05) is 4.72 Å². The van der Waals surface area contributed by atoms with Crippen molar-refractivity contribution in [3.05, 3.63) is 58.4 Å². The number of carbonyl (C=O) groups excluding carboxylic acids is 1. The van der Waals surface area contributed by atoms with Gasteiger partial charge in [0.15, 0.2) is 0 Å². The zero-order valence-corrected chi connectivity index (χ0v) is 14.3. The summed E-state index contributed by atoms with van der Waals surface area (Å²) in [4.78, 5) is 12.8. The minimum atomic E-state index is -4.02. The Hall–Kier alpha value is -2.12. The molecule has 0 atom stereocenters. The first-order valence-electron chi connectivity index (χ1n) is 7.11. The Morgan fingerprint density at radius 3 is 2.58 bits per heavy atom. The molecule has 1 aliphatic heterocycles. The van der Waals surface area contributed by atoms with Crippen LogP contribution in [-0.4, -0.2) is 19.2 Å². The fraction of sp³-hybridized carbons (Fsp3) is 0.188. The number of sulfonamides is 1. The van der Waals surface area contributed by atoms with Crippen molar-refractivity contribution in [2.24, 2.45) is 0 Å². The molecule has 24 heavy (non-hydrogen) atoms. The Kier molecular flexibility index (Phi) is 4.23.